The van der Waals surface area contributed by atoms with Crippen LogP contribution in [0.4, 0.5) is 0 Å². The molecule has 0 unspecified atom stereocenters. The summed E-state index contributed by atoms with van der Waals surface area (Å²) in [7, 11) is 0. The molecule has 1 aromatic carbocycles. The Morgan fingerprint density at radius 1 is 1.38 bits per heavy atom. The van der Waals surface area contributed by atoms with E-state index < -0.39 is 0 Å². The Hall–Kier alpha value is -1.44. The third-order valence-electron chi connectivity index (χ3n) is 3.57. The van der Waals surface area contributed by atoms with Crippen LogP contribution in [0.1, 0.15) is 42.1 Å². The third kappa shape index (κ3) is 1.80. The molecule has 0 saturated carbocycles. The van der Waals surface area contributed by atoms with E-state index in [1.54, 1.807) is 0 Å². The van der Waals surface area contributed by atoms with Crippen molar-refractivity contribution in [2.24, 2.45) is 5.41 Å². The van der Waals surface area contributed by atoms with Crippen molar-refractivity contribution >= 4 is 12.1 Å². The summed E-state index contributed by atoms with van der Waals surface area (Å²) in [5.41, 5.74) is 1.66. The molecule has 0 bridgehead atoms. The van der Waals surface area contributed by atoms with Crippen LogP contribution < -0.4 is 0 Å². The molecule has 84 valence electrons. The van der Waals surface area contributed by atoms with E-state index in [-0.39, 0.29) is 11.2 Å². The quantitative estimate of drug-likeness (QED) is 0.728. The lowest BCUT2D eigenvalue weighted by molar-refractivity contribution is -0.108. The van der Waals surface area contributed by atoms with E-state index in [4.69, 9.17) is 0 Å². The number of aldehydes is 1. The SMILES string of the molecule is C[C@@]1(CCC=O)CCc2ccccc2C1=O. The first-order chi connectivity index (χ1) is 7.67. The van der Waals surface area contributed by atoms with Gasteiger partial charge >= 0.3 is 0 Å². The maximum atomic E-state index is 12.3. The molecule has 0 aliphatic heterocycles. The predicted molar refractivity (Wildman–Crippen MR) is 62.5 cm³/mol. The Morgan fingerprint density at radius 3 is 2.88 bits per heavy atom. The highest BCUT2D eigenvalue weighted by Gasteiger charge is 2.37. The molecule has 0 aromatic heterocycles. The molecule has 0 radical (unpaired) electrons. The molecule has 2 nitrogen and oxygen atoms in total. The van der Waals surface area contributed by atoms with E-state index in [1.807, 2.05) is 31.2 Å². The van der Waals surface area contributed by atoms with Crippen LogP contribution in [0.5, 0.6) is 0 Å². The number of hydrogen-bond donors (Lipinski definition) is 0. The van der Waals surface area contributed by atoms with Crippen LogP contribution in [0.3, 0.4) is 0 Å². The Bertz CT molecular complexity index is 422. The fraction of sp³-hybridized carbons (Fsp3) is 0.429. The fourth-order valence-electron chi connectivity index (χ4n) is 2.43. The minimum Gasteiger partial charge on any atom is -0.303 e. The molecule has 0 heterocycles. The number of Topliss-reactive ketones (excluding diaryl/α,β-unsaturated/α-hetero) is 1. The van der Waals surface area contributed by atoms with Crippen LogP contribution in [0.25, 0.3) is 0 Å². The first kappa shape index (κ1) is 11.1. The van der Waals surface area contributed by atoms with Gasteiger partial charge in [-0.15, -0.1) is 0 Å². The molecule has 0 spiro atoms. The molecule has 16 heavy (non-hydrogen) atoms. The number of carbonyl (C=O) groups is 2. The molecular weight excluding hydrogens is 200 g/mol. The van der Waals surface area contributed by atoms with E-state index in [1.165, 1.54) is 0 Å². The van der Waals surface area contributed by atoms with Gasteiger partial charge in [-0.1, -0.05) is 31.2 Å². The van der Waals surface area contributed by atoms with Gasteiger partial charge in [0.15, 0.2) is 5.78 Å². The van der Waals surface area contributed by atoms with Gasteiger partial charge in [-0.2, -0.15) is 0 Å². The average Bonchev–Trinajstić information content (AvgIpc) is 2.32. The highest BCUT2D eigenvalue weighted by Crippen LogP contribution is 2.38. The summed E-state index contributed by atoms with van der Waals surface area (Å²) in [6, 6.07) is 7.80. The van der Waals surface area contributed by atoms with Gasteiger partial charge < -0.3 is 4.79 Å². The zero-order valence-electron chi connectivity index (χ0n) is 9.53. The minimum atomic E-state index is -0.338. The zero-order valence-corrected chi connectivity index (χ0v) is 9.53. The van der Waals surface area contributed by atoms with Crippen molar-refractivity contribution < 1.29 is 9.59 Å². The number of hydrogen-bond acceptors (Lipinski definition) is 2. The van der Waals surface area contributed by atoms with Gasteiger partial charge in [-0.3, -0.25) is 4.79 Å². The van der Waals surface area contributed by atoms with Crippen LogP contribution in [0, 0.1) is 5.41 Å². The number of carbonyl (C=O) groups excluding carboxylic acids is 2. The normalized spacial score (nSPS) is 23.9. The Morgan fingerprint density at radius 2 is 2.12 bits per heavy atom. The summed E-state index contributed by atoms with van der Waals surface area (Å²) < 4.78 is 0. The van der Waals surface area contributed by atoms with Crippen LogP contribution in [0.15, 0.2) is 24.3 Å². The van der Waals surface area contributed by atoms with Crippen molar-refractivity contribution in [3.63, 3.8) is 0 Å². The molecule has 2 rings (SSSR count). The average molecular weight is 216 g/mol. The summed E-state index contributed by atoms with van der Waals surface area (Å²) in [5.74, 6) is 0.205. The maximum absolute atomic E-state index is 12.3. The standard InChI is InChI=1S/C14H16O2/c1-14(8-4-10-15)9-7-11-5-2-3-6-12(11)13(14)16/h2-3,5-6,10H,4,7-9H2,1H3/t14-/m1/s1. The topological polar surface area (TPSA) is 34.1 Å². The minimum absolute atomic E-state index is 0.205. The second-order valence-corrected chi connectivity index (χ2v) is 4.75. The summed E-state index contributed by atoms with van der Waals surface area (Å²) in [6.45, 7) is 1.98. The second kappa shape index (κ2) is 4.20. The van der Waals surface area contributed by atoms with Crippen LogP contribution in [-0.2, 0) is 11.2 Å². The highest BCUT2D eigenvalue weighted by molar-refractivity contribution is 6.02. The lowest BCUT2D eigenvalue weighted by Crippen LogP contribution is -2.33. The molecule has 1 aliphatic rings. The highest BCUT2D eigenvalue weighted by atomic mass is 16.1. The van der Waals surface area contributed by atoms with Crippen LogP contribution in [0.2, 0.25) is 0 Å². The molecule has 2 heteroatoms. The maximum Gasteiger partial charge on any atom is 0.169 e. The van der Waals surface area contributed by atoms with Gasteiger partial charge in [0.2, 0.25) is 0 Å². The third-order valence-corrected chi connectivity index (χ3v) is 3.57. The molecule has 0 amide bonds. The van der Waals surface area contributed by atoms with Crippen molar-refractivity contribution in [1.29, 1.82) is 0 Å². The van der Waals surface area contributed by atoms with E-state index in [9.17, 15) is 9.59 Å². The van der Waals surface area contributed by atoms with Gasteiger partial charge in [0.25, 0.3) is 0 Å². The van der Waals surface area contributed by atoms with Gasteiger partial charge in [0.05, 0.1) is 0 Å². The lowest BCUT2D eigenvalue weighted by Gasteiger charge is -2.32. The molecule has 1 atom stereocenters. The Kier molecular flexibility index (Phi) is 2.90. The van der Waals surface area contributed by atoms with Crippen LogP contribution in [-0.4, -0.2) is 12.1 Å². The largest absolute Gasteiger partial charge is 0.303 e. The van der Waals surface area contributed by atoms with Gasteiger partial charge in [-0.25, -0.2) is 0 Å². The number of ketones is 1. The molecule has 0 fully saturated rings. The van der Waals surface area contributed by atoms with Gasteiger partial charge in [-0.05, 0) is 24.8 Å². The van der Waals surface area contributed by atoms with Gasteiger partial charge in [0.1, 0.15) is 6.29 Å². The number of aryl methyl sites for hydroxylation is 1. The summed E-state index contributed by atoms with van der Waals surface area (Å²) in [6.07, 6.45) is 3.85. The lowest BCUT2D eigenvalue weighted by atomic mass is 9.69. The number of rotatable bonds is 3. The first-order valence-electron chi connectivity index (χ1n) is 5.74. The smallest absolute Gasteiger partial charge is 0.169 e. The van der Waals surface area contributed by atoms with E-state index in [0.717, 1.165) is 30.3 Å². The van der Waals surface area contributed by atoms with Crippen molar-refractivity contribution in [2.75, 3.05) is 0 Å². The summed E-state index contributed by atoms with van der Waals surface area (Å²) in [4.78, 5) is 22.8. The molecule has 1 aromatic rings. The predicted octanol–water partition coefficient (Wildman–Crippen LogP) is 2.80. The van der Waals surface area contributed by atoms with Crippen molar-refractivity contribution in [1.82, 2.24) is 0 Å². The molecule has 1 aliphatic carbocycles. The van der Waals surface area contributed by atoms with Gasteiger partial charge in [0, 0.05) is 17.4 Å². The van der Waals surface area contributed by atoms with E-state index >= 15 is 0 Å². The second-order valence-electron chi connectivity index (χ2n) is 4.75. The van der Waals surface area contributed by atoms with E-state index in [2.05, 4.69) is 0 Å². The van der Waals surface area contributed by atoms with Crippen LogP contribution >= 0.6 is 0 Å². The van der Waals surface area contributed by atoms with Crippen molar-refractivity contribution in [3.05, 3.63) is 35.4 Å². The molecular formula is C14H16O2. The number of benzene rings is 1. The monoisotopic (exact) mass is 216 g/mol. The summed E-state index contributed by atoms with van der Waals surface area (Å²) in [5, 5.41) is 0. The first-order valence-corrected chi connectivity index (χ1v) is 5.74. The van der Waals surface area contributed by atoms with Crippen molar-refractivity contribution in [3.8, 4) is 0 Å². The number of fused-ring (bicyclic) bond motifs is 1. The fourth-order valence-corrected chi connectivity index (χ4v) is 2.43. The summed E-state index contributed by atoms with van der Waals surface area (Å²) >= 11 is 0. The van der Waals surface area contributed by atoms with Crippen molar-refractivity contribution in [2.45, 2.75) is 32.6 Å². The van der Waals surface area contributed by atoms with E-state index in [0.29, 0.717) is 12.8 Å². The zero-order chi connectivity index (χ0) is 11.6. The Balaban J connectivity index is 2.30. The molecule has 0 N–H and O–H groups in total. The molecule has 0 saturated heterocycles. The Labute approximate surface area is 95.7 Å².